The van der Waals surface area contributed by atoms with Crippen molar-refractivity contribution in [3.8, 4) is 17.2 Å². The molecule has 1 heterocycles. The van der Waals surface area contributed by atoms with Gasteiger partial charge < -0.3 is 9.84 Å². The molecule has 3 rings (SSSR count). The average molecular weight is 434 g/mol. The van der Waals surface area contributed by atoms with E-state index >= 15 is 0 Å². The number of H-pyrrole nitrogens is 1. The SMILES string of the molecule is C=c1[nH]n(-c2ccccc2)c(=O)/c1=C/c1cc(I)c(O)c(OC)c1. The second kappa shape index (κ2) is 6.56. The molecular weight excluding hydrogens is 419 g/mol. The molecule has 3 aromatic rings. The number of phenols is 1. The molecule has 0 amide bonds. The van der Waals surface area contributed by atoms with Crippen LogP contribution in [0.5, 0.6) is 11.5 Å². The number of ether oxygens (including phenoxy) is 1. The van der Waals surface area contributed by atoms with Crippen molar-refractivity contribution < 1.29 is 9.84 Å². The van der Waals surface area contributed by atoms with Gasteiger partial charge in [0.15, 0.2) is 11.5 Å². The lowest BCUT2D eigenvalue weighted by Gasteiger charge is -2.06. The van der Waals surface area contributed by atoms with Crippen molar-refractivity contribution in [2.45, 2.75) is 0 Å². The van der Waals surface area contributed by atoms with Crippen molar-refractivity contribution in [1.82, 2.24) is 9.78 Å². The predicted molar refractivity (Wildman–Crippen MR) is 102 cm³/mol. The molecule has 5 nitrogen and oxygen atoms in total. The van der Waals surface area contributed by atoms with Gasteiger partial charge in [0, 0.05) is 0 Å². The van der Waals surface area contributed by atoms with E-state index in [1.165, 1.54) is 11.8 Å². The number of nitrogens with one attached hydrogen (secondary N) is 1. The van der Waals surface area contributed by atoms with Crippen LogP contribution in [0.2, 0.25) is 0 Å². The van der Waals surface area contributed by atoms with E-state index in [0.29, 0.717) is 19.9 Å². The molecule has 2 aromatic carbocycles. The van der Waals surface area contributed by atoms with Gasteiger partial charge in [-0.05, 0) is 58.5 Å². The number of aromatic hydroxyl groups is 1. The standard InChI is InChI=1S/C18H15IN2O3/c1-11-14(8-12-9-15(19)17(22)16(10-12)24-2)18(23)21(20-11)13-6-4-3-5-7-13/h3-10,20,22H,1H2,2H3/b14-8+. The Morgan fingerprint density at radius 1 is 1.29 bits per heavy atom. The molecule has 0 spiro atoms. The van der Waals surface area contributed by atoms with Gasteiger partial charge in [-0.2, -0.15) is 0 Å². The summed E-state index contributed by atoms with van der Waals surface area (Å²) < 4.78 is 7.25. The number of aromatic amines is 1. The summed E-state index contributed by atoms with van der Waals surface area (Å²) in [6.45, 7) is 3.92. The third-order valence-corrected chi connectivity index (χ3v) is 4.42. The van der Waals surface area contributed by atoms with E-state index in [1.54, 1.807) is 18.2 Å². The molecule has 0 fully saturated rings. The Hall–Kier alpha value is -2.48. The molecule has 0 aliphatic carbocycles. The van der Waals surface area contributed by atoms with E-state index in [1.807, 2.05) is 52.9 Å². The van der Waals surface area contributed by atoms with Crippen molar-refractivity contribution in [2.24, 2.45) is 0 Å². The second-order valence-electron chi connectivity index (χ2n) is 5.18. The van der Waals surface area contributed by atoms with Gasteiger partial charge in [0.1, 0.15) is 0 Å². The van der Waals surface area contributed by atoms with E-state index in [2.05, 4.69) is 11.7 Å². The Balaban J connectivity index is 2.20. The van der Waals surface area contributed by atoms with E-state index in [9.17, 15) is 9.90 Å². The molecule has 24 heavy (non-hydrogen) atoms. The van der Waals surface area contributed by atoms with Gasteiger partial charge in [0.2, 0.25) is 0 Å². The first-order chi connectivity index (χ1) is 11.5. The molecule has 0 unspecified atom stereocenters. The fourth-order valence-corrected chi connectivity index (χ4v) is 3.03. The van der Waals surface area contributed by atoms with Crippen LogP contribution in [0.25, 0.3) is 18.3 Å². The quantitative estimate of drug-likeness (QED) is 0.618. The van der Waals surface area contributed by atoms with Crippen LogP contribution in [-0.2, 0) is 0 Å². The molecular formula is C18H15IN2O3. The van der Waals surface area contributed by atoms with E-state index in [-0.39, 0.29) is 11.3 Å². The van der Waals surface area contributed by atoms with Crippen molar-refractivity contribution >= 4 is 35.2 Å². The number of rotatable bonds is 3. The second-order valence-corrected chi connectivity index (χ2v) is 6.34. The molecule has 0 bridgehead atoms. The summed E-state index contributed by atoms with van der Waals surface area (Å²) in [5.41, 5.74) is 1.30. The lowest BCUT2D eigenvalue weighted by molar-refractivity contribution is 0.371. The summed E-state index contributed by atoms with van der Waals surface area (Å²) >= 11 is 2.02. The van der Waals surface area contributed by atoms with Crippen LogP contribution in [0.4, 0.5) is 0 Å². The highest BCUT2D eigenvalue weighted by molar-refractivity contribution is 14.1. The number of para-hydroxylation sites is 1. The summed E-state index contributed by atoms with van der Waals surface area (Å²) in [5.74, 6) is 0.443. The van der Waals surface area contributed by atoms with Crippen LogP contribution in [0, 0.1) is 3.57 Å². The smallest absolute Gasteiger partial charge is 0.279 e. The van der Waals surface area contributed by atoms with Gasteiger partial charge in [-0.3, -0.25) is 9.89 Å². The Morgan fingerprint density at radius 3 is 2.67 bits per heavy atom. The largest absolute Gasteiger partial charge is 0.504 e. The summed E-state index contributed by atoms with van der Waals surface area (Å²) in [5, 5.41) is 13.9. The van der Waals surface area contributed by atoms with Gasteiger partial charge in [0.25, 0.3) is 5.56 Å². The fraction of sp³-hybridized carbons (Fsp3) is 0.0556. The minimum Gasteiger partial charge on any atom is -0.504 e. The number of aromatic nitrogens is 2. The van der Waals surface area contributed by atoms with E-state index in [4.69, 9.17) is 4.74 Å². The molecule has 0 radical (unpaired) electrons. The lowest BCUT2D eigenvalue weighted by atomic mass is 10.1. The van der Waals surface area contributed by atoms with Crippen molar-refractivity contribution in [3.05, 3.63) is 72.5 Å². The van der Waals surface area contributed by atoms with E-state index < -0.39 is 0 Å². The maximum absolute atomic E-state index is 12.7. The van der Waals surface area contributed by atoms with Crippen LogP contribution < -0.4 is 20.9 Å². The first kappa shape index (κ1) is 16.4. The zero-order valence-corrected chi connectivity index (χ0v) is 15.1. The van der Waals surface area contributed by atoms with Crippen LogP contribution in [-0.4, -0.2) is 22.0 Å². The predicted octanol–water partition coefficient (Wildman–Crippen LogP) is 1.72. The molecule has 122 valence electrons. The monoisotopic (exact) mass is 434 g/mol. The number of nitrogens with zero attached hydrogens (tertiary/aromatic N) is 1. The van der Waals surface area contributed by atoms with Crippen molar-refractivity contribution in [1.29, 1.82) is 0 Å². The molecule has 0 saturated carbocycles. The maximum atomic E-state index is 12.7. The van der Waals surface area contributed by atoms with Gasteiger partial charge in [0.05, 0.1) is 26.9 Å². The summed E-state index contributed by atoms with van der Waals surface area (Å²) in [7, 11) is 1.49. The Bertz CT molecular complexity index is 1050. The first-order valence-electron chi connectivity index (χ1n) is 7.15. The van der Waals surface area contributed by atoms with Crippen LogP contribution in [0.1, 0.15) is 5.56 Å². The van der Waals surface area contributed by atoms with Gasteiger partial charge in [-0.15, -0.1) is 0 Å². The first-order valence-corrected chi connectivity index (χ1v) is 8.22. The lowest BCUT2D eigenvalue weighted by Crippen LogP contribution is -2.33. The molecule has 1 aromatic heterocycles. The highest BCUT2D eigenvalue weighted by atomic mass is 127. The summed E-state index contributed by atoms with van der Waals surface area (Å²) in [4.78, 5) is 12.7. The Morgan fingerprint density at radius 2 is 2.00 bits per heavy atom. The highest BCUT2D eigenvalue weighted by Gasteiger charge is 2.09. The van der Waals surface area contributed by atoms with E-state index in [0.717, 1.165) is 11.3 Å². The minimum atomic E-state index is -0.187. The maximum Gasteiger partial charge on any atom is 0.279 e. The third-order valence-electron chi connectivity index (χ3n) is 3.60. The minimum absolute atomic E-state index is 0.0841. The van der Waals surface area contributed by atoms with Gasteiger partial charge in [-0.1, -0.05) is 24.8 Å². The zero-order chi connectivity index (χ0) is 17.3. The van der Waals surface area contributed by atoms with Gasteiger partial charge >= 0.3 is 0 Å². The topological polar surface area (TPSA) is 67.2 Å². The summed E-state index contributed by atoms with van der Waals surface area (Å²) in [6, 6.07) is 12.7. The molecule has 2 N–H and O–H groups in total. The van der Waals surface area contributed by atoms with Crippen LogP contribution in [0.15, 0.2) is 47.3 Å². The average Bonchev–Trinajstić information content (AvgIpc) is 2.87. The Kier molecular flexibility index (Phi) is 4.48. The molecule has 0 aliphatic rings. The van der Waals surface area contributed by atoms with Crippen LogP contribution >= 0.6 is 22.6 Å². The normalized spacial score (nSPS) is 11.7. The van der Waals surface area contributed by atoms with Crippen molar-refractivity contribution in [3.63, 3.8) is 0 Å². The fourth-order valence-electron chi connectivity index (χ4n) is 2.40. The molecule has 0 saturated heterocycles. The number of phenolic OH excluding ortho intramolecular Hbond substituents is 1. The number of benzene rings is 2. The summed E-state index contributed by atoms with van der Waals surface area (Å²) in [6.07, 6.45) is 1.73. The number of hydrogen-bond acceptors (Lipinski definition) is 3. The Labute approximate surface area is 151 Å². The third kappa shape index (κ3) is 2.96. The van der Waals surface area contributed by atoms with Crippen molar-refractivity contribution in [2.75, 3.05) is 7.11 Å². The zero-order valence-electron chi connectivity index (χ0n) is 12.9. The van der Waals surface area contributed by atoms with Gasteiger partial charge in [-0.25, -0.2) is 4.68 Å². The molecule has 6 heteroatoms. The molecule has 0 aliphatic heterocycles. The number of methoxy groups -OCH3 is 1. The molecule has 0 atom stereocenters. The highest BCUT2D eigenvalue weighted by Crippen LogP contribution is 2.32. The number of halogens is 1. The van der Waals surface area contributed by atoms with Crippen LogP contribution in [0.3, 0.4) is 0 Å². The number of hydrogen-bond donors (Lipinski definition) is 2.